The lowest BCUT2D eigenvalue weighted by Crippen LogP contribution is -2.47. The average molecular weight is 338 g/mol. The summed E-state index contributed by atoms with van der Waals surface area (Å²) in [5.74, 6) is 1.88. The number of amides is 1. The number of rotatable bonds is 3. The van der Waals surface area contributed by atoms with E-state index in [9.17, 15) is 4.79 Å². The molecular weight excluding hydrogens is 316 g/mol. The fraction of sp³-hybridized carbons (Fsp3) is 0.556. The van der Waals surface area contributed by atoms with E-state index in [-0.39, 0.29) is 11.9 Å². The van der Waals surface area contributed by atoms with Crippen LogP contribution in [-0.4, -0.2) is 56.6 Å². The van der Waals surface area contributed by atoms with Crippen LogP contribution in [0.4, 0.5) is 5.95 Å². The first-order valence-electron chi connectivity index (χ1n) is 9.16. The number of aromatic nitrogens is 4. The Labute approximate surface area is 146 Å². The number of carbonyl (C=O) groups is 1. The molecule has 3 saturated heterocycles. The zero-order valence-corrected chi connectivity index (χ0v) is 14.1. The molecule has 1 N–H and O–H groups in total. The Kier molecular flexibility index (Phi) is 3.46. The molecule has 2 bridgehead atoms. The van der Waals surface area contributed by atoms with Crippen molar-refractivity contribution in [2.24, 2.45) is 5.92 Å². The lowest BCUT2D eigenvalue weighted by Gasteiger charge is -2.35. The fourth-order valence-electron chi connectivity index (χ4n) is 4.15. The van der Waals surface area contributed by atoms with E-state index in [0.717, 1.165) is 44.1 Å². The molecule has 2 atom stereocenters. The minimum Gasteiger partial charge on any atom is -0.338 e. The number of fused-ring (bicyclic) bond motifs is 4. The summed E-state index contributed by atoms with van der Waals surface area (Å²) in [7, 11) is 0. The predicted octanol–water partition coefficient (Wildman–Crippen LogP) is 1.82. The van der Waals surface area contributed by atoms with Crippen molar-refractivity contribution in [3.8, 4) is 0 Å². The van der Waals surface area contributed by atoms with Gasteiger partial charge in [0.05, 0.1) is 0 Å². The van der Waals surface area contributed by atoms with E-state index in [1.54, 1.807) is 12.4 Å². The van der Waals surface area contributed by atoms with Crippen LogP contribution in [0.3, 0.4) is 0 Å². The smallest absolute Gasteiger partial charge is 0.274 e. The van der Waals surface area contributed by atoms with Gasteiger partial charge in [-0.1, -0.05) is 0 Å². The maximum absolute atomic E-state index is 13.0. The number of hydrogen-bond acceptors (Lipinski definition) is 5. The average Bonchev–Trinajstić information content (AvgIpc) is 3.45. The number of H-pyrrole nitrogens is 1. The fourth-order valence-corrected chi connectivity index (χ4v) is 4.15. The van der Waals surface area contributed by atoms with E-state index in [0.29, 0.717) is 17.5 Å². The van der Waals surface area contributed by atoms with E-state index in [4.69, 9.17) is 0 Å². The third-order valence-corrected chi connectivity index (χ3v) is 5.64. The van der Waals surface area contributed by atoms with Gasteiger partial charge in [0.2, 0.25) is 5.95 Å². The number of carbonyl (C=O) groups excluding carboxylic acids is 1. The van der Waals surface area contributed by atoms with Crippen molar-refractivity contribution >= 4 is 11.9 Å². The van der Waals surface area contributed by atoms with Crippen molar-refractivity contribution < 1.29 is 4.79 Å². The molecule has 25 heavy (non-hydrogen) atoms. The molecule has 0 aromatic carbocycles. The first-order chi connectivity index (χ1) is 12.3. The largest absolute Gasteiger partial charge is 0.338 e. The van der Waals surface area contributed by atoms with Gasteiger partial charge in [-0.15, -0.1) is 0 Å². The molecule has 2 aromatic rings. The van der Waals surface area contributed by atoms with Crippen LogP contribution in [0, 0.1) is 5.92 Å². The molecule has 5 heterocycles. The summed E-state index contributed by atoms with van der Waals surface area (Å²) in [5.41, 5.74) is 1.68. The summed E-state index contributed by atoms with van der Waals surface area (Å²) >= 11 is 0. The van der Waals surface area contributed by atoms with Gasteiger partial charge in [0.15, 0.2) is 0 Å². The SMILES string of the molecule is O=C(c1cc(C2CC2)[nH]n1)N1C[C@H]2CC[C@@H]1CN(c1ncccn1)C2. The molecule has 4 fully saturated rings. The van der Waals surface area contributed by atoms with Gasteiger partial charge in [0, 0.05) is 49.7 Å². The first-order valence-corrected chi connectivity index (χ1v) is 9.16. The minimum absolute atomic E-state index is 0.0636. The number of nitrogens with one attached hydrogen (secondary N) is 1. The number of anilines is 1. The second-order valence-electron chi connectivity index (χ2n) is 7.49. The molecular formula is C18H22N6O. The van der Waals surface area contributed by atoms with Crippen LogP contribution in [0.25, 0.3) is 0 Å². The Hall–Kier alpha value is -2.44. The van der Waals surface area contributed by atoms with E-state index in [1.807, 2.05) is 17.0 Å². The Balaban J connectivity index is 1.37. The predicted molar refractivity (Wildman–Crippen MR) is 92.4 cm³/mol. The van der Waals surface area contributed by atoms with Gasteiger partial charge < -0.3 is 9.80 Å². The highest BCUT2D eigenvalue weighted by molar-refractivity contribution is 5.92. The minimum atomic E-state index is 0.0636. The van der Waals surface area contributed by atoms with Crippen LogP contribution >= 0.6 is 0 Å². The topological polar surface area (TPSA) is 78.0 Å². The summed E-state index contributed by atoms with van der Waals surface area (Å²) in [5, 5.41) is 7.34. The Morgan fingerprint density at radius 3 is 2.72 bits per heavy atom. The highest BCUT2D eigenvalue weighted by atomic mass is 16.2. The van der Waals surface area contributed by atoms with Crippen LogP contribution in [-0.2, 0) is 0 Å². The van der Waals surface area contributed by atoms with Crippen LogP contribution in [0.5, 0.6) is 0 Å². The van der Waals surface area contributed by atoms with E-state index >= 15 is 0 Å². The molecule has 0 unspecified atom stereocenters. The zero-order valence-electron chi connectivity index (χ0n) is 14.1. The molecule has 0 radical (unpaired) electrons. The van der Waals surface area contributed by atoms with Gasteiger partial charge in [0.1, 0.15) is 5.69 Å². The van der Waals surface area contributed by atoms with E-state index in [2.05, 4.69) is 25.1 Å². The summed E-state index contributed by atoms with van der Waals surface area (Å²) in [6.45, 7) is 2.52. The maximum atomic E-state index is 13.0. The van der Waals surface area contributed by atoms with Crippen molar-refractivity contribution in [1.82, 2.24) is 25.1 Å². The number of nitrogens with zero attached hydrogens (tertiary/aromatic N) is 5. The third kappa shape index (κ3) is 2.77. The highest BCUT2D eigenvalue weighted by Crippen LogP contribution is 2.39. The van der Waals surface area contributed by atoms with Crippen molar-refractivity contribution in [3.63, 3.8) is 0 Å². The molecule has 2 aromatic heterocycles. The molecule has 7 nitrogen and oxygen atoms in total. The lowest BCUT2D eigenvalue weighted by atomic mass is 9.94. The monoisotopic (exact) mass is 338 g/mol. The molecule has 0 spiro atoms. The van der Waals surface area contributed by atoms with Crippen LogP contribution < -0.4 is 4.90 Å². The normalized spacial score (nSPS) is 25.9. The molecule has 4 aliphatic rings. The number of aromatic amines is 1. The van der Waals surface area contributed by atoms with Crippen LogP contribution in [0.1, 0.15) is 47.8 Å². The molecule has 130 valence electrons. The zero-order chi connectivity index (χ0) is 16.8. The molecule has 6 rings (SSSR count). The van der Waals surface area contributed by atoms with Gasteiger partial charge in [0.25, 0.3) is 5.91 Å². The third-order valence-electron chi connectivity index (χ3n) is 5.64. The highest BCUT2D eigenvalue weighted by Gasteiger charge is 2.39. The summed E-state index contributed by atoms with van der Waals surface area (Å²) < 4.78 is 0. The standard InChI is InChI=1S/C18H22N6O/c25-17(16-8-15(21-22-16)13-3-4-13)24-10-12-2-5-14(24)11-23(9-12)18-19-6-1-7-20-18/h1,6-8,12-14H,2-5,9-11H2,(H,21,22)/t12-,14+/m0/s1. The number of hydrogen-bond donors (Lipinski definition) is 1. The maximum Gasteiger partial charge on any atom is 0.274 e. The molecule has 1 amide bonds. The molecule has 3 aliphatic heterocycles. The summed E-state index contributed by atoms with van der Waals surface area (Å²) in [6, 6.07) is 3.99. The van der Waals surface area contributed by atoms with Gasteiger partial charge in [-0.2, -0.15) is 5.10 Å². The van der Waals surface area contributed by atoms with Crippen molar-refractivity contribution in [2.45, 2.75) is 37.6 Å². The van der Waals surface area contributed by atoms with Crippen LogP contribution in [0.15, 0.2) is 24.5 Å². The number of piperidine rings is 1. The summed E-state index contributed by atoms with van der Waals surface area (Å²) in [4.78, 5) is 26.1. The van der Waals surface area contributed by atoms with Crippen molar-refractivity contribution in [1.29, 1.82) is 0 Å². The van der Waals surface area contributed by atoms with Crippen LogP contribution in [0.2, 0.25) is 0 Å². The van der Waals surface area contributed by atoms with Gasteiger partial charge >= 0.3 is 0 Å². The molecule has 1 saturated carbocycles. The molecule has 7 heteroatoms. The van der Waals surface area contributed by atoms with E-state index in [1.165, 1.54) is 12.8 Å². The van der Waals surface area contributed by atoms with Crippen molar-refractivity contribution in [2.75, 3.05) is 24.5 Å². The Morgan fingerprint density at radius 2 is 1.92 bits per heavy atom. The van der Waals surface area contributed by atoms with Gasteiger partial charge in [-0.25, -0.2) is 9.97 Å². The first kappa shape index (κ1) is 14.9. The Morgan fingerprint density at radius 1 is 1.08 bits per heavy atom. The quantitative estimate of drug-likeness (QED) is 0.923. The van der Waals surface area contributed by atoms with Crippen molar-refractivity contribution in [3.05, 3.63) is 35.9 Å². The van der Waals surface area contributed by atoms with E-state index < -0.39 is 0 Å². The Bertz CT molecular complexity index is 771. The molecule has 1 aliphatic carbocycles. The summed E-state index contributed by atoms with van der Waals surface area (Å²) in [6.07, 6.45) is 8.17. The second-order valence-corrected chi connectivity index (χ2v) is 7.49. The second kappa shape index (κ2) is 5.82. The van der Waals surface area contributed by atoms with Gasteiger partial charge in [-0.05, 0) is 43.7 Å². The lowest BCUT2D eigenvalue weighted by molar-refractivity contribution is 0.0586. The van der Waals surface area contributed by atoms with Gasteiger partial charge in [-0.3, -0.25) is 9.89 Å².